The number of likely N-dealkylation sites (tertiary alicyclic amines) is 1. The second-order valence-corrected chi connectivity index (χ2v) is 19.6. The van der Waals surface area contributed by atoms with E-state index in [0.717, 1.165) is 62.9 Å². The molecular weight excluding hydrogens is 847 g/mol. The number of hydrogen-bond acceptors (Lipinski definition) is 9. The molecule has 7 rings (SSSR count). The van der Waals surface area contributed by atoms with Crippen molar-refractivity contribution >= 4 is 40.8 Å². The van der Waals surface area contributed by atoms with E-state index in [4.69, 9.17) is 14.5 Å². The van der Waals surface area contributed by atoms with Gasteiger partial charge in [-0.3, -0.25) is 29.2 Å². The summed E-state index contributed by atoms with van der Waals surface area (Å²) in [4.78, 5) is 76.9. The number of ether oxygens (including phenoxy) is 2. The number of methoxy groups -OCH3 is 1. The zero-order valence-corrected chi connectivity index (χ0v) is 40.6. The Morgan fingerprint density at radius 3 is 2.57 bits per heavy atom. The van der Waals surface area contributed by atoms with E-state index in [1.165, 1.54) is 9.91 Å². The molecule has 2 fully saturated rings. The van der Waals surface area contributed by atoms with Gasteiger partial charge in [0.1, 0.15) is 23.9 Å². The van der Waals surface area contributed by atoms with E-state index in [-0.39, 0.29) is 43.4 Å². The van der Waals surface area contributed by atoms with Crippen LogP contribution in [0.3, 0.4) is 0 Å². The van der Waals surface area contributed by atoms with Crippen LogP contribution < -0.4 is 10.7 Å². The van der Waals surface area contributed by atoms with Crippen LogP contribution in [-0.2, 0) is 52.8 Å². The van der Waals surface area contributed by atoms with Gasteiger partial charge in [0, 0.05) is 69.4 Å². The molecule has 0 saturated carbocycles. The number of amides is 4. The number of pyridine rings is 1. The monoisotopic (exact) mass is 914 g/mol. The third-order valence-electron chi connectivity index (χ3n) is 13.7. The highest BCUT2D eigenvalue weighted by Crippen LogP contribution is 2.42. The van der Waals surface area contributed by atoms with Gasteiger partial charge in [-0.05, 0) is 110 Å². The number of carbonyl (C=O) groups is 5. The van der Waals surface area contributed by atoms with Gasteiger partial charge >= 0.3 is 0 Å². The molecule has 2 saturated heterocycles. The Kier molecular flexibility index (Phi) is 15.0. The molecule has 3 aliphatic heterocycles. The maximum Gasteiger partial charge on any atom is 0.298 e. The number of aromatic nitrogens is 2. The summed E-state index contributed by atoms with van der Waals surface area (Å²) in [6.45, 7) is 15.9. The van der Waals surface area contributed by atoms with Crippen LogP contribution in [0.25, 0.3) is 33.3 Å². The van der Waals surface area contributed by atoms with Crippen molar-refractivity contribution < 1.29 is 33.4 Å². The molecule has 6 bridgehead atoms. The quantitative estimate of drug-likeness (QED) is 0.141. The fraction of sp³-hybridized carbons (Fsp3) is 0.509. The standard InChI is InChI=1S/C53H67N7O7/c1-10-15-45(62)58-25-21-39(30-58)50(64)57(8)47(34(3)4)49(63)55-43-27-36-16-12-17-37(26-36)38-19-20-44-41(28-38)42(48(59(44)11-2)40-18-13-23-54-46(40)35(5)66-9)29-52(6,7)32-67-33-53(31-61)22-14-24-60(56-53)51(43)65/h12-13,16-20,23,26,28,31,34-35,39,43,47,56H,11,14,21-22,24-25,27,29-30,32-33H2,1-9H3,(H,55,63)/t35-,39+,43-,47-,53-/m0/s1. The van der Waals surface area contributed by atoms with Crippen molar-refractivity contribution in [1.29, 1.82) is 0 Å². The number of nitrogens with one attached hydrogen (secondary N) is 2. The molecule has 2 aromatic heterocycles. The fourth-order valence-electron chi connectivity index (χ4n) is 10.3. The van der Waals surface area contributed by atoms with Crippen molar-refractivity contribution in [3.8, 4) is 34.2 Å². The lowest BCUT2D eigenvalue weighted by molar-refractivity contribution is -0.148. The van der Waals surface area contributed by atoms with Gasteiger partial charge < -0.3 is 34.0 Å². The van der Waals surface area contributed by atoms with Gasteiger partial charge in [-0.1, -0.05) is 63.9 Å². The van der Waals surface area contributed by atoms with E-state index in [9.17, 15) is 24.0 Å². The van der Waals surface area contributed by atoms with Gasteiger partial charge in [0.2, 0.25) is 11.8 Å². The first-order valence-electron chi connectivity index (χ1n) is 23.7. The number of nitrogens with zero attached hydrogens (tertiary/aromatic N) is 5. The topological polar surface area (TPSA) is 155 Å². The number of likely N-dealkylation sites (N-methyl/N-ethyl adjacent to an activating group) is 1. The number of rotatable bonds is 10. The molecular formula is C53H67N7O7. The summed E-state index contributed by atoms with van der Waals surface area (Å²) >= 11 is 0. The van der Waals surface area contributed by atoms with E-state index in [2.05, 4.69) is 84.3 Å². The summed E-state index contributed by atoms with van der Waals surface area (Å²) in [6.07, 6.45) is 4.65. The molecule has 14 nitrogen and oxygen atoms in total. The summed E-state index contributed by atoms with van der Waals surface area (Å²) in [5.74, 6) is 2.93. The highest BCUT2D eigenvalue weighted by atomic mass is 16.5. The molecule has 0 radical (unpaired) electrons. The highest BCUT2D eigenvalue weighted by molar-refractivity contribution is 5.97. The van der Waals surface area contributed by atoms with Crippen molar-refractivity contribution in [3.63, 3.8) is 0 Å². The van der Waals surface area contributed by atoms with Crippen molar-refractivity contribution in [2.75, 3.05) is 47.0 Å². The third-order valence-corrected chi connectivity index (χ3v) is 13.7. The lowest BCUT2D eigenvalue weighted by Crippen LogP contribution is -2.66. The lowest BCUT2D eigenvalue weighted by Gasteiger charge is -2.42. The Balaban J connectivity index is 1.29. The highest BCUT2D eigenvalue weighted by Gasteiger charge is 2.42. The lowest BCUT2D eigenvalue weighted by atomic mass is 9.84. The molecule has 0 aliphatic carbocycles. The van der Waals surface area contributed by atoms with Crippen LogP contribution in [0.4, 0.5) is 0 Å². The summed E-state index contributed by atoms with van der Waals surface area (Å²) in [5, 5.41) is 5.64. The Labute approximate surface area is 395 Å². The van der Waals surface area contributed by atoms with Gasteiger partial charge in [0.15, 0.2) is 0 Å². The van der Waals surface area contributed by atoms with Gasteiger partial charge in [-0.15, -0.1) is 0 Å². The summed E-state index contributed by atoms with van der Waals surface area (Å²) in [6, 6.07) is 16.7. The van der Waals surface area contributed by atoms with Crippen LogP contribution in [0.1, 0.15) is 90.7 Å². The number of hydrogen-bond donors (Lipinski definition) is 2. The third kappa shape index (κ3) is 10.3. The van der Waals surface area contributed by atoms with E-state index in [1.807, 2.05) is 39.0 Å². The van der Waals surface area contributed by atoms with E-state index in [1.54, 1.807) is 32.2 Å². The predicted octanol–water partition coefficient (Wildman–Crippen LogP) is 6.14. The maximum atomic E-state index is 14.9. The number of benzene rings is 2. The van der Waals surface area contributed by atoms with Gasteiger partial charge in [-0.25, -0.2) is 5.43 Å². The Morgan fingerprint density at radius 1 is 1.07 bits per heavy atom. The van der Waals surface area contributed by atoms with Gasteiger partial charge in [0.05, 0.1) is 36.6 Å². The van der Waals surface area contributed by atoms with Crippen LogP contribution in [-0.4, -0.2) is 119 Å². The minimum atomic E-state index is -1.19. The number of hydrazine groups is 1. The number of aryl methyl sites for hydroxylation is 1. The summed E-state index contributed by atoms with van der Waals surface area (Å²) in [7, 11) is 3.31. The Morgan fingerprint density at radius 2 is 1.85 bits per heavy atom. The van der Waals surface area contributed by atoms with E-state index in [0.29, 0.717) is 45.4 Å². The molecule has 0 unspecified atom stereocenters. The SMILES string of the molecule is CC#CC(=O)N1CC[C@@H](C(=O)N(C)[C@H](C(=O)N[C@H]2Cc3cccc(c3)-c3ccc4c(c3)c(c(-c3cccnc3[C@H](C)OC)n4CC)CC(C)(C)COC[C@@]3(C=O)CCCN(N3)C2=O)C(C)C)C1. The summed E-state index contributed by atoms with van der Waals surface area (Å²) < 4.78 is 14.7. The molecule has 356 valence electrons. The van der Waals surface area contributed by atoms with Crippen LogP contribution in [0, 0.1) is 29.1 Å². The molecule has 5 atom stereocenters. The van der Waals surface area contributed by atoms with Crippen molar-refractivity contribution in [1.82, 2.24) is 35.1 Å². The molecule has 14 heteroatoms. The second kappa shape index (κ2) is 20.6. The van der Waals surface area contributed by atoms with Crippen LogP contribution in [0.2, 0.25) is 0 Å². The predicted molar refractivity (Wildman–Crippen MR) is 258 cm³/mol. The molecule has 2 aromatic carbocycles. The van der Waals surface area contributed by atoms with Crippen LogP contribution in [0.15, 0.2) is 60.8 Å². The Bertz CT molecular complexity index is 2570. The minimum absolute atomic E-state index is 0.0339. The first kappa shape index (κ1) is 49.0. The molecule has 4 aromatic rings. The molecule has 2 N–H and O–H groups in total. The fourth-order valence-corrected chi connectivity index (χ4v) is 10.3. The maximum absolute atomic E-state index is 14.9. The normalized spacial score (nSPS) is 21.8. The molecule has 3 aliphatic rings. The smallest absolute Gasteiger partial charge is 0.298 e. The first-order valence-corrected chi connectivity index (χ1v) is 23.7. The number of fused-ring (bicyclic) bond motifs is 6. The largest absolute Gasteiger partial charge is 0.378 e. The molecule has 67 heavy (non-hydrogen) atoms. The average molecular weight is 914 g/mol. The number of aldehydes is 1. The zero-order valence-electron chi connectivity index (χ0n) is 40.6. The average Bonchev–Trinajstić information content (AvgIpc) is 3.93. The molecule has 4 amide bonds. The van der Waals surface area contributed by atoms with Crippen molar-refractivity contribution in [2.45, 2.75) is 111 Å². The van der Waals surface area contributed by atoms with Crippen molar-refractivity contribution in [2.24, 2.45) is 17.3 Å². The summed E-state index contributed by atoms with van der Waals surface area (Å²) in [5.41, 5.74) is 9.62. The molecule has 5 heterocycles. The minimum Gasteiger partial charge on any atom is -0.378 e. The first-order chi connectivity index (χ1) is 32.0. The zero-order chi connectivity index (χ0) is 48.2. The Hall–Kier alpha value is -5.88. The number of carbonyl (C=O) groups excluding carboxylic acids is 5. The van der Waals surface area contributed by atoms with Gasteiger partial charge in [0.25, 0.3) is 11.8 Å². The van der Waals surface area contributed by atoms with Crippen LogP contribution >= 0.6 is 0 Å². The second-order valence-electron chi connectivity index (χ2n) is 19.6. The van der Waals surface area contributed by atoms with E-state index < -0.39 is 40.8 Å². The van der Waals surface area contributed by atoms with Gasteiger partial charge in [-0.2, -0.15) is 0 Å². The molecule has 0 spiro atoms. The van der Waals surface area contributed by atoms with Crippen molar-refractivity contribution in [3.05, 3.63) is 77.6 Å². The van der Waals surface area contributed by atoms with E-state index >= 15 is 0 Å². The van der Waals surface area contributed by atoms with Crippen LogP contribution in [0.5, 0.6) is 0 Å².